The SMILES string of the molecule is CC(C)(C)OC(=O)c1nn(N)c2ccc(-c3ccc(C(C)(CN=C=O)OC(C)(C)C)cc3)cc12. The Hall–Kier alpha value is -3.48. The molecule has 8 heteroatoms. The highest BCUT2D eigenvalue weighted by atomic mass is 16.6. The van der Waals surface area contributed by atoms with Gasteiger partial charge in [0.25, 0.3) is 0 Å². The number of benzene rings is 2. The van der Waals surface area contributed by atoms with E-state index in [1.807, 2.05) is 70.2 Å². The second kappa shape index (κ2) is 9.05. The van der Waals surface area contributed by atoms with Crippen molar-refractivity contribution in [2.75, 3.05) is 12.4 Å². The molecule has 1 atom stereocenters. The third-order valence-corrected chi connectivity index (χ3v) is 5.10. The predicted octanol–water partition coefficient (Wildman–Crippen LogP) is 4.74. The van der Waals surface area contributed by atoms with Crippen molar-refractivity contribution in [1.29, 1.82) is 0 Å². The average molecular weight is 465 g/mol. The Labute approximate surface area is 199 Å². The van der Waals surface area contributed by atoms with Crippen LogP contribution in [0.3, 0.4) is 0 Å². The van der Waals surface area contributed by atoms with Gasteiger partial charge in [0.05, 0.1) is 17.7 Å². The van der Waals surface area contributed by atoms with Gasteiger partial charge in [-0.3, -0.25) is 0 Å². The third-order valence-electron chi connectivity index (χ3n) is 5.10. The number of esters is 1. The van der Waals surface area contributed by atoms with Crippen LogP contribution in [0, 0.1) is 0 Å². The number of rotatable bonds is 6. The van der Waals surface area contributed by atoms with Crippen LogP contribution >= 0.6 is 0 Å². The second-order valence-corrected chi connectivity index (χ2v) is 10.5. The summed E-state index contributed by atoms with van der Waals surface area (Å²) in [5.74, 6) is 5.45. The maximum atomic E-state index is 12.7. The smallest absolute Gasteiger partial charge is 0.360 e. The number of carbonyl (C=O) groups is 1. The quantitative estimate of drug-likeness (QED) is 0.244. The molecule has 0 amide bonds. The van der Waals surface area contributed by atoms with E-state index >= 15 is 0 Å². The van der Waals surface area contributed by atoms with Crippen LogP contribution in [0.25, 0.3) is 22.0 Å². The lowest BCUT2D eigenvalue weighted by Crippen LogP contribution is -2.37. The first-order valence-electron chi connectivity index (χ1n) is 11.1. The number of nitrogen functional groups attached to an aromatic ring is 1. The van der Waals surface area contributed by atoms with Gasteiger partial charge in [0.1, 0.15) is 11.2 Å². The summed E-state index contributed by atoms with van der Waals surface area (Å²) in [5, 5.41) is 4.79. The van der Waals surface area contributed by atoms with E-state index in [-0.39, 0.29) is 12.2 Å². The molecule has 0 aliphatic heterocycles. The molecule has 1 unspecified atom stereocenters. The van der Waals surface area contributed by atoms with Crippen molar-refractivity contribution in [2.24, 2.45) is 4.99 Å². The highest BCUT2D eigenvalue weighted by molar-refractivity contribution is 6.03. The standard InChI is InChI=1S/C26H32N4O4/c1-24(2,3)33-23(32)22-20-14-18(10-13-21(20)30(27)29-22)17-8-11-19(12-9-17)26(7,15-28-16-31)34-25(4,5)6/h8-14H,15,27H2,1-7H3. The fourth-order valence-corrected chi connectivity index (χ4v) is 3.85. The zero-order chi connectivity index (χ0) is 25.3. The molecule has 8 nitrogen and oxygen atoms in total. The van der Waals surface area contributed by atoms with Crippen molar-refractivity contribution in [3.63, 3.8) is 0 Å². The summed E-state index contributed by atoms with van der Waals surface area (Å²) in [6.07, 6.45) is 1.60. The fraction of sp³-hybridized carbons (Fsp3) is 0.423. The molecule has 1 heterocycles. The minimum Gasteiger partial charge on any atom is -0.455 e. The van der Waals surface area contributed by atoms with Crippen molar-refractivity contribution in [1.82, 2.24) is 9.89 Å². The van der Waals surface area contributed by atoms with E-state index in [1.165, 1.54) is 4.79 Å². The van der Waals surface area contributed by atoms with Gasteiger partial charge in [0.2, 0.25) is 6.08 Å². The van der Waals surface area contributed by atoms with Gasteiger partial charge < -0.3 is 15.3 Å². The van der Waals surface area contributed by atoms with Gasteiger partial charge >= 0.3 is 5.97 Å². The number of nitrogens with two attached hydrogens (primary N) is 1. The van der Waals surface area contributed by atoms with Crippen molar-refractivity contribution in [3.05, 3.63) is 53.7 Å². The van der Waals surface area contributed by atoms with E-state index in [0.29, 0.717) is 10.9 Å². The molecule has 0 aliphatic carbocycles. The number of isocyanates is 1. The number of aliphatic imine (C=N–C) groups is 1. The maximum Gasteiger partial charge on any atom is 0.360 e. The van der Waals surface area contributed by atoms with Crippen molar-refractivity contribution < 1.29 is 19.1 Å². The number of ether oxygens (including phenoxy) is 2. The Bertz CT molecular complexity index is 1240. The van der Waals surface area contributed by atoms with E-state index < -0.39 is 22.8 Å². The van der Waals surface area contributed by atoms with Gasteiger partial charge in [-0.15, -0.1) is 5.10 Å². The Morgan fingerprint density at radius 1 is 1.00 bits per heavy atom. The van der Waals surface area contributed by atoms with E-state index in [2.05, 4.69) is 10.1 Å². The summed E-state index contributed by atoms with van der Waals surface area (Å²) < 4.78 is 11.7. The van der Waals surface area contributed by atoms with Crippen molar-refractivity contribution in [2.45, 2.75) is 65.3 Å². The molecule has 0 bridgehead atoms. The summed E-state index contributed by atoms with van der Waals surface area (Å²) >= 11 is 0. The van der Waals surface area contributed by atoms with Crippen LogP contribution in [-0.4, -0.2) is 39.7 Å². The monoisotopic (exact) mass is 464 g/mol. The summed E-state index contributed by atoms with van der Waals surface area (Å²) in [7, 11) is 0. The van der Waals surface area contributed by atoms with Gasteiger partial charge in [-0.05, 0) is 77.3 Å². The summed E-state index contributed by atoms with van der Waals surface area (Å²) in [6.45, 7) is 13.3. The van der Waals surface area contributed by atoms with Crippen LogP contribution < -0.4 is 5.84 Å². The lowest BCUT2D eigenvalue weighted by Gasteiger charge is -2.36. The van der Waals surface area contributed by atoms with E-state index in [1.54, 1.807) is 26.9 Å². The van der Waals surface area contributed by atoms with Gasteiger partial charge in [-0.25, -0.2) is 14.6 Å². The Morgan fingerprint density at radius 3 is 2.18 bits per heavy atom. The molecule has 2 N–H and O–H groups in total. The Balaban J connectivity index is 1.99. The van der Waals surface area contributed by atoms with Crippen LogP contribution in [0.1, 0.15) is 64.5 Å². The van der Waals surface area contributed by atoms with Crippen LogP contribution in [0.2, 0.25) is 0 Å². The predicted molar refractivity (Wildman–Crippen MR) is 132 cm³/mol. The average Bonchev–Trinajstić information content (AvgIpc) is 3.06. The molecule has 0 saturated carbocycles. The third kappa shape index (κ3) is 5.71. The Morgan fingerprint density at radius 2 is 1.62 bits per heavy atom. The van der Waals surface area contributed by atoms with Gasteiger partial charge in [-0.2, -0.15) is 4.79 Å². The molecule has 0 saturated heterocycles. The van der Waals surface area contributed by atoms with Crippen LogP contribution in [0.4, 0.5) is 0 Å². The molecular weight excluding hydrogens is 432 g/mol. The van der Waals surface area contributed by atoms with Crippen LogP contribution in [0.5, 0.6) is 0 Å². The molecule has 0 fully saturated rings. The number of hydrogen-bond acceptors (Lipinski definition) is 7. The second-order valence-electron chi connectivity index (χ2n) is 10.5. The number of carbonyl (C=O) groups excluding carboxylic acids is 2. The minimum absolute atomic E-state index is 0.161. The molecule has 0 radical (unpaired) electrons. The molecule has 34 heavy (non-hydrogen) atoms. The van der Waals surface area contributed by atoms with Crippen molar-refractivity contribution in [3.8, 4) is 11.1 Å². The first-order valence-corrected chi connectivity index (χ1v) is 11.1. The molecule has 0 aliphatic rings. The normalized spacial score (nSPS) is 13.9. The molecular formula is C26H32N4O4. The molecule has 180 valence electrons. The van der Waals surface area contributed by atoms with Crippen LogP contribution in [-0.2, 0) is 19.9 Å². The van der Waals surface area contributed by atoms with Crippen molar-refractivity contribution >= 4 is 23.0 Å². The molecule has 0 spiro atoms. The lowest BCUT2D eigenvalue weighted by molar-refractivity contribution is -0.122. The topological polar surface area (TPSA) is 109 Å². The van der Waals surface area contributed by atoms with E-state index in [0.717, 1.165) is 16.7 Å². The number of nitrogens with zero attached hydrogens (tertiary/aromatic N) is 3. The minimum atomic E-state index is -0.789. The van der Waals surface area contributed by atoms with E-state index in [4.69, 9.17) is 15.3 Å². The number of fused-ring (bicyclic) bond motifs is 1. The number of hydrogen-bond donors (Lipinski definition) is 1. The summed E-state index contributed by atoms with van der Waals surface area (Å²) in [5.41, 5.74) is 1.63. The molecule has 3 rings (SSSR count). The fourth-order valence-electron chi connectivity index (χ4n) is 3.85. The van der Waals surface area contributed by atoms with Gasteiger partial charge in [0.15, 0.2) is 5.69 Å². The molecule has 1 aromatic heterocycles. The zero-order valence-electron chi connectivity index (χ0n) is 20.8. The van der Waals surface area contributed by atoms with Gasteiger partial charge in [-0.1, -0.05) is 30.3 Å². The zero-order valence-corrected chi connectivity index (χ0v) is 20.8. The maximum absolute atomic E-state index is 12.7. The first-order chi connectivity index (χ1) is 15.7. The van der Waals surface area contributed by atoms with Gasteiger partial charge in [0, 0.05) is 5.39 Å². The molecule has 2 aromatic carbocycles. The van der Waals surface area contributed by atoms with Crippen LogP contribution in [0.15, 0.2) is 47.5 Å². The van der Waals surface area contributed by atoms with E-state index in [9.17, 15) is 9.59 Å². The largest absolute Gasteiger partial charge is 0.455 e. The summed E-state index contributed by atoms with van der Waals surface area (Å²) in [6, 6.07) is 13.5. The first kappa shape index (κ1) is 25.1. The Kier molecular flexibility index (Phi) is 6.69. The summed E-state index contributed by atoms with van der Waals surface area (Å²) in [4.78, 5) is 28.4. The highest BCUT2D eigenvalue weighted by Gasteiger charge is 2.32. The number of aromatic nitrogens is 2. The lowest BCUT2D eigenvalue weighted by atomic mass is 9.92. The highest BCUT2D eigenvalue weighted by Crippen LogP contribution is 2.33. The molecule has 3 aromatic rings.